The Kier molecular flexibility index (Phi) is 6.75. The third-order valence-corrected chi connectivity index (χ3v) is 6.93. The number of hydrogen-bond donors (Lipinski definition) is 0. The molecule has 2 saturated heterocycles. The van der Waals surface area contributed by atoms with Crippen LogP contribution in [0.5, 0.6) is 0 Å². The molecule has 3 amide bonds. The maximum atomic E-state index is 12.9. The molecule has 3 aliphatic rings. The second-order valence-electron chi connectivity index (χ2n) is 9.00. The molecular formula is C23H33N3O4. The van der Waals surface area contributed by atoms with Crippen molar-refractivity contribution in [3.63, 3.8) is 0 Å². The molecule has 7 nitrogen and oxygen atoms in total. The number of amides is 3. The fourth-order valence-electron chi connectivity index (χ4n) is 5.08. The lowest BCUT2D eigenvalue weighted by Crippen LogP contribution is -2.52. The summed E-state index contributed by atoms with van der Waals surface area (Å²) in [5, 5.41) is 0. The smallest absolute Gasteiger partial charge is 0.228 e. The number of furan rings is 1. The Morgan fingerprint density at radius 1 is 1.03 bits per heavy atom. The lowest BCUT2D eigenvalue weighted by molar-refractivity contribution is -0.142. The van der Waals surface area contributed by atoms with Crippen LogP contribution < -0.4 is 0 Å². The summed E-state index contributed by atoms with van der Waals surface area (Å²) in [6, 6.07) is 3.64. The molecule has 0 aromatic carbocycles. The highest BCUT2D eigenvalue weighted by atomic mass is 16.3. The average molecular weight is 416 g/mol. The van der Waals surface area contributed by atoms with Crippen molar-refractivity contribution >= 4 is 17.7 Å². The van der Waals surface area contributed by atoms with Crippen molar-refractivity contribution in [2.24, 2.45) is 11.8 Å². The third-order valence-electron chi connectivity index (χ3n) is 6.93. The van der Waals surface area contributed by atoms with Gasteiger partial charge in [-0.3, -0.25) is 14.4 Å². The third kappa shape index (κ3) is 5.05. The Morgan fingerprint density at radius 3 is 2.47 bits per heavy atom. The van der Waals surface area contributed by atoms with Gasteiger partial charge in [-0.25, -0.2) is 0 Å². The summed E-state index contributed by atoms with van der Waals surface area (Å²) in [5.74, 6) is 1.43. The van der Waals surface area contributed by atoms with Crippen LogP contribution in [0, 0.1) is 11.8 Å². The normalized spacial score (nSPS) is 23.3. The first kappa shape index (κ1) is 20.9. The monoisotopic (exact) mass is 415 g/mol. The van der Waals surface area contributed by atoms with Crippen LogP contribution in [0.2, 0.25) is 0 Å². The predicted octanol–water partition coefficient (Wildman–Crippen LogP) is 2.66. The fraction of sp³-hybridized carbons (Fsp3) is 0.696. The highest BCUT2D eigenvalue weighted by molar-refractivity contribution is 5.89. The average Bonchev–Trinajstić information content (AvgIpc) is 3.42. The van der Waals surface area contributed by atoms with Crippen LogP contribution in [-0.4, -0.2) is 65.1 Å². The zero-order valence-electron chi connectivity index (χ0n) is 17.8. The summed E-state index contributed by atoms with van der Waals surface area (Å²) in [7, 11) is 0. The maximum Gasteiger partial charge on any atom is 0.228 e. The molecule has 2 aliphatic heterocycles. The zero-order valence-corrected chi connectivity index (χ0v) is 17.8. The van der Waals surface area contributed by atoms with Gasteiger partial charge in [-0.15, -0.1) is 0 Å². The van der Waals surface area contributed by atoms with E-state index in [9.17, 15) is 14.4 Å². The van der Waals surface area contributed by atoms with E-state index in [0.29, 0.717) is 45.7 Å². The number of rotatable bonds is 6. The standard InChI is InChI=1S/C23H33N3O4/c27-21(9-8-18-5-2-1-3-6-18)24-10-12-25(13-11-24)23(29)19-15-22(28)26(16-19)17-20-7-4-14-30-20/h4,7,14,18-19H,1-3,5-6,8-13,15-17H2. The van der Waals surface area contributed by atoms with E-state index in [4.69, 9.17) is 4.42 Å². The Labute approximate surface area is 178 Å². The van der Waals surface area contributed by atoms with Crippen LogP contribution in [0.15, 0.2) is 22.8 Å². The predicted molar refractivity (Wildman–Crippen MR) is 111 cm³/mol. The number of hydrogen-bond acceptors (Lipinski definition) is 4. The number of piperazine rings is 1. The zero-order chi connectivity index (χ0) is 20.9. The minimum Gasteiger partial charge on any atom is -0.467 e. The van der Waals surface area contributed by atoms with Gasteiger partial charge in [-0.05, 0) is 24.5 Å². The highest BCUT2D eigenvalue weighted by Crippen LogP contribution is 2.28. The van der Waals surface area contributed by atoms with Gasteiger partial charge in [0.25, 0.3) is 0 Å². The molecule has 1 saturated carbocycles. The SMILES string of the molecule is O=C(CCC1CCCCC1)N1CCN(C(=O)C2CC(=O)N(Cc3ccco3)C2)CC1. The van der Waals surface area contributed by atoms with Crippen molar-refractivity contribution in [1.82, 2.24) is 14.7 Å². The van der Waals surface area contributed by atoms with Crippen molar-refractivity contribution in [3.05, 3.63) is 24.2 Å². The first-order valence-electron chi connectivity index (χ1n) is 11.5. The van der Waals surface area contributed by atoms with E-state index in [0.717, 1.165) is 18.1 Å². The molecule has 1 aromatic heterocycles. The molecule has 30 heavy (non-hydrogen) atoms. The van der Waals surface area contributed by atoms with Gasteiger partial charge in [-0.2, -0.15) is 0 Å². The van der Waals surface area contributed by atoms with Gasteiger partial charge in [-0.1, -0.05) is 32.1 Å². The summed E-state index contributed by atoms with van der Waals surface area (Å²) in [5.41, 5.74) is 0. The molecule has 3 heterocycles. The van der Waals surface area contributed by atoms with Crippen LogP contribution in [0.3, 0.4) is 0 Å². The van der Waals surface area contributed by atoms with Crippen LogP contribution in [-0.2, 0) is 20.9 Å². The Balaban J connectivity index is 1.20. The fourth-order valence-corrected chi connectivity index (χ4v) is 5.08. The molecule has 4 rings (SSSR count). The molecule has 3 fully saturated rings. The van der Waals surface area contributed by atoms with E-state index in [1.165, 1.54) is 32.1 Å². The van der Waals surface area contributed by atoms with Gasteiger partial charge >= 0.3 is 0 Å². The van der Waals surface area contributed by atoms with E-state index in [2.05, 4.69) is 0 Å². The van der Waals surface area contributed by atoms with Crippen LogP contribution in [0.1, 0.15) is 57.1 Å². The summed E-state index contributed by atoms with van der Waals surface area (Å²) in [6.07, 6.45) is 10.00. The van der Waals surface area contributed by atoms with Crippen molar-refractivity contribution in [3.8, 4) is 0 Å². The van der Waals surface area contributed by atoms with E-state index in [1.54, 1.807) is 17.2 Å². The first-order chi connectivity index (χ1) is 14.6. The Bertz CT molecular complexity index is 734. The lowest BCUT2D eigenvalue weighted by atomic mass is 9.86. The number of carbonyl (C=O) groups excluding carboxylic acids is 3. The summed E-state index contributed by atoms with van der Waals surface area (Å²) < 4.78 is 5.32. The Morgan fingerprint density at radius 2 is 1.77 bits per heavy atom. The van der Waals surface area contributed by atoms with Crippen molar-refractivity contribution in [2.45, 2.75) is 57.9 Å². The second-order valence-corrected chi connectivity index (χ2v) is 9.00. The maximum absolute atomic E-state index is 12.9. The molecule has 164 valence electrons. The molecule has 0 spiro atoms. The van der Waals surface area contributed by atoms with Crippen molar-refractivity contribution in [1.29, 1.82) is 0 Å². The van der Waals surface area contributed by atoms with Crippen LogP contribution in [0.4, 0.5) is 0 Å². The minimum atomic E-state index is -0.291. The van der Waals surface area contributed by atoms with Gasteiger partial charge in [0.15, 0.2) is 0 Å². The topological polar surface area (TPSA) is 74.1 Å². The first-order valence-corrected chi connectivity index (χ1v) is 11.5. The molecule has 0 N–H and O–H groups in total. The molecule has 0 radical (unpaired) electrons. The quantitative estimate of drug-likeness (QED) is 0.716. The van der Waals surface area contributed by atoms with Gasteiger partial charge in [0.05, 0.1) is 18.7 Å². The lowest BCUT2D eigenvalue weighted by Gasteiger charge is -2.36. The number of carbonyl (C=O) groups is 3. The van der Waals surface area contributed by atoms with E-state index >= 15 is 0 Å². The molecule has 0 bridgehead atoms. The van der Waals surface area contributed by atoms with E-state index in [1.807, 2.05) is 15.9 Å². The molecule has 1 atom stereocenters. The molecule has 7 heteroatoms. The van der Waals surface area contributed by atoms with Gasteiger partial charge in [0.2, 0.25) is 17.7 Å². The largest absolute Gasteiger partial charge is 0.467 e. The Hall–Kier alpha value is -2.31. The minimum absolute atomic E-state index is 0.00118. The van der Waals surface area contributed by atoms with Crippen LogP contribution >= 0.6 is 0 Å². The van der Waals surface area contributed by atoms with Gasteiger partial charge in [0.1, 0.15) is 5.76 Å². The second kappa shape index (κ2) is 9.67. The summed E-state index contributed by atoms with van der Waals surface area (Å²) >= 11 is 0. The molecule has 1 unspecified atom stereocenters. The van der Waals surface area contributed by atoms with Crippen molar-refractivity contribution in [2.75, 3.05) is 32.7 Å². The molecular weight excluding hydrogens is 382 g/mol. The van der Waals surface area contributed by atoms with Crippen molar-refractivity contribution < 1.29 is 18.8 Å². The molecule has 1 aliphatic carbocycles. The summed E-state index contributed by atoms with van der Waals surface area (Å²) in [6.45, 7) is 3.20. The van der Waals surface area contributed by atoms with Gasteiger partial charge < -0.3 is 19.1 Å². The number of nitrogens with zero attached hydrogens (tertiary/aromatic N) is 3. The molecule has 1 aromatic rings. The highest BCUT2D eigenvalue weighted by Gasteiger charge is 2.37. The summed E-state index contributed by atoms with van der Waals surface area (Å²) in [4.78, 5) is 43.2. The van der Waals surface area contributed by atoms with Gasteiger partial charge in [0, 0.05) is 45.6 Å². The van der Waals surface area contributed by atoms with Crippen LogP contribution in [0.25, 0.3) is 0 Å². The number of likely N-dealkylation sites (tertiary alicyclic amines) is 1. The van der Waals surface area contributed by atoms with E-state index < -0.39 is 0 Å². The van der Waals surface area contributed by atoms with E-state index in [-0.39, 0.29) is 30.1 Å².